The number of nitrogens with zero attached hydrogens (tertiary/aromatic N) is 3. The smallest absolute Gasteiger partial charge is 0.301 e. The Bertz CT molecular complexity index is 565. The van der Waals surface area contributed by atoms with Crippen molar-refractivity contribution in [1.82, 2.24) is 19.4 Å². The van der Waals surface area contributed by atoms with Crippen LogP contribution in [0, 0.1) is 0 Å². The normalized spacial score (nSPS) is 15.6. The van der Waals surface area contributed by atoms with Crippen molar-refractivity contribution in [3.63, 3.8) is 0 Å². The summed E-state index contributed by atoms with van der Waals surface area (Å²) in [4.78, 5) is 0. The number of nitrogens with one attached hydrogen (secondary N) is 2. The summed E-state index contributed by atoms with van der Waals surface area (Å²) >= 11 is 0. The highest BCUT2D eigenvalue weighted by atomic mass is 32.2. The molecule has 0 spiro atoms. The highest BCUT2D eigenvalue weighted by Crippen LogP contribution is 2.18. The van der Waals surface area contributed by atoms with Gasteiger partial charge in [0, 0.05) is 32.9 Å². The van der Waals surface area contributed by atoms with E-state index in [2.05, 4.69) is 15.1 Å². The minimum Gasteiger partial charge on any atom is -0.314 e. The van der Waals surface area contributed by atoms with Crippen molar-refractivity contribution in [3.05, 3.63) is 11.9 Å². The van der Waals surface area contributed by atoms with Crippen LogP contribution in [0.1, 0.15) is 31.9 Å². The van der Waals surface area contributed by atoms with Crippen LogP contribution < -0.4 is 10.0 Å². The van der Waals surface area contributed by atoms with Crippen LogP contribution in [0.5, 0.6) is 0 Å². The van der Waals surface area contributed by atoms with E-state index in [0.717, 1.165) is 18.7 Å². The first-order valence-corrected chi connectivity index (χ1v) is 8.86. The molecule has 0 unspecified atom stereocenters. The van der Waals surface area contributed by atoms with Crippen molar-refractivity contribution < 1.29 is 8.42 Å². The summed E-state index contributed by atoms with van der Waals surface area (Å²) in [7, 11) is -0.135. The third-order valence-electron chi connectivity index (χ3n) is 3.55. The van der Waals surface area contributed by atoms with Crippen LogP contribution in [0.15, 0.2) is 6.20 Å². The van der Waals surface area contributed by atoms with E-state index in [-0.39, 0.29) is 0 Å². The van der Waals surface area contributed by atoms with Crippen molar-refractivity contribution in [1.29, 1.82) is 0 Å². The molecule has 0 bridgehead atoms. The second-order valence-corrected chi connectivity index (χ2v) is 7.30. The predicted octanol–water partition coefficient (Wildman–Crippen LogP) is 0.713. The molecule has 1 heterocycles. The molecular formula is C13H25N5O2S. The maximum Gasteiger partial charge on any atom is 0.301 e. The molecule has 2 N–H and O–H groups in total. The van der Waals surface area contributed by atoms with E-state index >= 15 is 0 Å². The van der Waals surface area contributed by atoms with Crippen molar-refractivity contribution in [2.75, 3.05) is 24.9 Å². The maximum atomic E-state index is 12.3. The van der Waals surface area contributed by atoms with Crippen LogP contribution in [-0.2, 0) is 23.7 Å². The topological polar surface area (TPSA) is 79.3 Å². The molecule has 2 rings (SSSR count). The van der Waals surface area contributed by atoms with Gasteiger partial charge in [0.2, 0.25) is 0 Å². The Labute approximate surface area is 126 Å². The molecule has 8 heteroatoms. The molecule has 1 fully saturated rings. The highest BCUT2D eigenvalue weighted by Gasteiger charge is 2.22. The molecule has 1 aromatic heterocycles. The molecule has 0 saturated heterocycles. The molecule has 120 valence electrons. The van der Waals surface area contributed by atoms with Gasteiger partial charge < -0.3 is 5.32 Å². The van der Waals surface area contributed by atoms with Crippen LogP contribution >= 0.6 is 0 Å². The Morgan fingerprint density at radius 1 is 1.48 bits per heavy atom. The molecule has 0 radical (unpaired) electrons. The second-order valence-electron chi connectivity index (χ2n) is 5.53. The zero-order chi connectivity index (χ0) is 15.5. The third-order valence-corrected chi connectivity index (χ3v) is 5.03. The lowest BCUT2D eigenvalue weighted by Crippen LogP contribution is -2.34. The van der Waals surface area contributed by atoms with Crippen LogP contribution in [0.2, 0.25) is 0 Å². The summed E-state index contributed by atoms with van der Waals surface area (Å²) < 4.78 is 30.1. The molecule has 1 saturated carbocycles. The van der Waals surface area contributed by atoms with Gasteiger partial charge in [0.15, 0.2) is 0 Å². The molecule has 7 nitrogen and oxygen atoms in total. The molecule has 0 aromatic carbocycles. The minimum atomic E-state index is -3.52. The van der Waals surface area contributed by atoms with Crippen LogP contribution in [0.4, 0.5) is 5.69 Å². The first-order chi connectivity index (χ1) is 9.92. The lowest BCUT2D eigenvalue weighted by molar-refractivity contribution is 0.457. The number of rotatable bonds is 9. The maximum absolute atomic E-state index is 12.3. The molecule has 1 aromatic rings. The minimum absolute atomic E-state index is 0.497. The molecule has 21 heavy (non-hydrogen) atoms. The summed E-state index contributed by atoms with van der Waals surface area (Å²) in [5.74, 6) is 0. The van der Waals surface area contributed by atoms with Gasteiger partial charge in [-0.25, -0.2) is 0 Å². The highest BCUT2D eigenvalue weighted by molar-refractivity contribution is 7.90. The van der Waals surface area contributed by atoms with Gasteiger partial charge in [-0.3, -0.25) is 9.40 Å². The number of aromatic nitrogens is 2. The molecule has 0 amide bonds. The summed E-state index contributed by atoms with van der Waals surface area (Å²) in [5, 5.41) is 7.62. The van der Waals surface area contributed by atoms with E-state index in [0.29, 0.717) is 24.7 Å². The van der Waals surface area contributed by atoms with Crippen molar-refractivity contribution in [2.45, 2.75) is 38.6 Å². The fraction of sp³-hybridized carbons (Fsp3) is 0.769. The number of anilines is 1. The summed E-state index contributed by atoms with van der Waals surface area (Å²) in [5.41, 5.74) is 1.31. The molecule has 0 atom stereocenters. The zero-order valence-corrected chi connectivity index (χ0v) is 13.8. The quantitative estimate of drug-likeness (QED) is 0.658. The van der Waals surface area contributed by atoms with E-state index in [4.69, 9.17) is 0 Å². The second kappa shape index (κ2) is 6.76. The first-order valence-electron chi connectivity index (χ1n) is 7.42. The standard InChI is InChI=1S/C13H25N5O2S/c1-4-12-13(10-17(2)15-12)16-21(19,20)18(3)9-5-8-14-11-6-7-11/h10-11,14,16H,4-9H2,1-3H3. The van der Waals surface area contributed by atoms with Gasteiger partial charge in [0.25, 0.3) is 0 Å². The van der Waals surface area contributed by atoms with Gasteiger partial charge in [-0.1, -0.05) is 6.92 Å². The van der Waals surface area contributed by atoms with Crippen molar-refractivity contribution in [3.8, 4) is 0 Å². The molecular weight excluding hydrogens is 290 g/mol. The van der Waals surface area contributed by atoms with E-state index in [9.17, 15) is 8.42 Å². The third kappa shape index (κ3) is 4.69. The van der Waals surface area contributed by atoms with Gasteiger partial charge in [-0.05, 0) is 32.2 Å². The van der Waals surface area contributed by atoms with Gasteiger partial charge in [0.1, 0.15) is 0 Å². The molecule has 0 aliphatic heterocycles. The predicted molar refractivity (Wildman–Crippen MR) is 83.4 cm³/mol. The summed E-state index contributed by atoms with van der Waals surface area (Å²) in [6.45, 7) is 3.31. The summed E-state index contributed by atoms with van der Waals surface area (Å²) in [6.07, 6.45) is 5.68. The monoisotopic (exact) mass is 315 g/mol. The fourth-order valence-corrected chi connectivity index (χ4v) is 3.09. The number of hydrogen-bond donors (Lipinski definition) is 2. The molecule has 1 aliphatic rings. The van der Waals surface area contributed by atoms with Crippen molar-refractivity contribution >= 4 is 15.9 Å². The van der Waals surface area contributed by atoms with Crippen LogP contribution in [0.25, 0.3) is 0 Å². The Balaban J connectivity index is 1.86. The van der Waals surface area contributed by atoms with Crippen LogP contribution in [0.3, 0.4) is 0 Å². The fourth-order valence-electron chi connectivity index (χ4n) is 2.11. The SMILES string of the molecule is CCc1nn(C)cc1NS(=O)(=O)N(C)CCCNC1CC1. The van der Waals surface area contributed by atoms with Gasteiger partial charge in [0.05, 0.1) is 11.4 Å². The average Bonchev–Trinajstić information content (AvgIpc) is 3.17. The Morgan fingerprint density at radius 3 is 2.81 bits per heavy atom. The number of hydrogen-bond acceptors (Lipinski definition) is 4. The van der Waals surface area contributed by atoms with Crippen LogP contribution in [-0.4, -0.2) is 48.7 Å². The largest absolute Gasteiger partial charge is 0.314 e. The van der Waals surface area contributed by atoms with E-state index in [1.807, 2.05) is 6.92 Å². The number of aryl methyl sites for hydroxylation is 2. The van der Waals surface area contributed by atoms with Gasteiger partial charge >= 0.3 is 10.2 Å². The van der Waals surface area contributed by atoms with E-state index < -0.39 is 10.2 Å². The molecule has 1 aliphatic carbocycles. The van der Waals surface area contributed by atoms with Crippen molar-refractivity contribution in [2.24, 2.45) is 7.05 Å². The van der Waals surface area contributed by atoms with E-state index in [1.54, 1.807) is 25.0 Å². The lowest BCUT2D eigenvalue weighted by atomic mass is 10.3. The Kier molecular flexibility index (Phi) is 5.23. The van der Waals surface area contributed by atoms with E-state index in [1.165, 1.54) is 17.1 Å². The average molecular weight is 315 g/mol. The van der Waals surface area contributed by atoms with Gasteiger partial charge in [-0.2, -0.15) is 17.8 Å². The first kappa shape index (κ1) is 16.3. The lowest BCUT2D eigenvalue weighted by Gasteiger charge is -2.18. The Morgan fingerprint density at radius 2 is 2.19 bits per heavy atom. The van der Waals surface area contributed by atoms with Gasteiger partial charge in [-0.15, -0.1) is 0 Å². The zero-order valence-electron chi connectivity index (χ0n) is 13.0. The summed E-state index contributed by atoms with van der Waals surface area (Å²) in [6, 6.07) is 0.660. The Hall–Kier alpha value is -1.12.